The summed E-state index contributed by atoms with van der Waals surface area (Å²) in [6.07, 6.45) is 6.69. The number of nitrogens with one attached hydrogen (secondary N) is 1. The highest BCUT2D eigenvalue weighted by atomic mass is 32.1. The minimum absolute atomic E-state index is 0.0134. The molecule has 3 aromatic heterocycles. The topological polar surface area (TPSA) is 58.5 Å². The van der Waals surface area contributed by atoms with Crippen LogP contribution in [0.1, 0.15) is 46.7 Å². The molecule has 35 heavy (non-hydrogen) atoms. The Labute approximate surface area is 213 Å². The van der Waals surface area contributed by atoms with Gasteiger partial charge in [0.2, 0.25) is 0 Å². The summed E-state index contributed by atoms with van der Waals surface area (Å²) in [5.74, 6) is 0. The lowest BCUT2D eigenvalue weighted by Crippen LogP contribution is -2.39. The van der Waals surface area contributed by atoms with Gasteiger partial charge in [-0.3, -0.25) is 14.9 Å². The maximum atomic E-state index is 5.89. The van der Waals surface area contributed by atoms with Gasteiger partial charge in [0.15, 0.2) is 5.11 Å². The molecule has 8 heteroatoms. The van der Waals surface area contributed by atoms with Crippen molar-refractivity contribution in [3.8, 4) is 0 Å². The lowest BCUT2D eigenvalue weighted by atomic mass is 9.96. The number of hydrogen-bond acceptors (Lipinski definition) is 5. The molecule has 7 nitrogen and oxygen atoms in total. The number of morpholine rings is 1. The zero-order valence-corrected chi connectivity index (χ0v) is 21.4. The molecule has 184 valence electrons. The van der Waals surface area contributed by atoms with Crippen molar-refractivity contribution in [3.63, 3.8) is 0 Å². The van der Waals surface area contributed by atoms with E-state index in [2.05, 4.69) is 62.8 Å². The fraction of sp³-hybridized carbons (Fsp3) is 0.444. The van der Waals surface area contributed by atoms with Gasteiger partial charge in [0.1, 0.15) is 0 Å². The Morgan fingerprint density at radius 2 is 1.94 bits per heavy atom. The van der Waals surface area contributed by atoms with Crippen molar-refractivity contribution in [1.82, 2.24) is 29.7 Å². The molecule has 0 aliphatic carbocycles. The van der Waals surface area contributed by atoms with Gasteiger partial charge in [0.25, 0.3) is 0 Å². The van der Waals surface area contributed by atoms with E-state index >= 15 is 0 Å². The van der Waals surface area contributed by atoms with Gasteiger partial charge in [-0.1, -0.05) is 12.1 Å². The lowest BCUT2D eigenvalue weighted by Gasteiger charge is -2.30. The third-order valence-corrected chi connectivity index (χ3v) is 7.52. The molecule has 5 heterocycles. The van der Waals surface area contributed by atoms with Crippen molar-refractivity contribution in [2.75, 3.05) is 39.4 Å². The lowest BCUT2D eigenvalue weighted by molar-refractivity contribution is 0.0365. The first-order chi connectivity index (χ1) is 17.1. The van der Waals surface area contributed by atoms with E-state index in [1.807, 2.05) is 30.7 Å². The molecule has 2 unspecified atom stereocenters. The number of hydrogen-bond donors (Lipinski definition) is 1. The van der Waals surface area contributed by atoms with Crippen molar-refractivity contribution in [3.05, 3.63) is 83.2 Å². The first-order valence-electron chi connectivity index (χ1n) is 12.5. The number of aryl methyl sites for hydroxylation is 1. The first kappa shape index (κ1) is 23.9. The van der Waals surface area contributed by atoms with Crippen LogP contribution in [0.2, 0.25) is 0 Å². The molecule has 0 saturated carbocycles. The van der Waals surface area contributed by atoms with E-state index < -0.39 is 0 Å². The third-order valence-electron chi connectivity index (χ3n) is 7.17. The van der Waals surface area contributed by atoms with E-state index in [1.165, 1.54) is 22.5 Å². The summed E-state index contributed by atoms with van der Waals surface area (Å²) in [4.78, 5) is 13.9. The standard InChI is InChI=1S/C27H34N6OS/c1-20-17-23(21(2)33(20)19-22-7-5-9-28-18-22)26-25(24-8-3-4-10-29-24)30-27(35)32(26)12-6-11-31-13-15-34-16-14-31/h3-5,7-10,17-18,25-26H,6,11-16,19H2,1-2H3,(H,30,35). The molecule has 0 radical (unpaired) electrons. The molecule has 2 fully saturated rings. The van der Waals surface area contributed by atoms with Crippen LogP contribution >= 0.6 is 12.2 Å². The van der Waals surface area contributed by atoms with E-state index in [0.29, 0.717) is 0 Å². The maximum Gasteiger partial charge on any atom is 0.170 e. The summed E-state index contributed by atoms with van der Waals surface area (Å²) in [6, 6.07) is 12.7. The van der Waals surface area contributed by atoms with Crippen LogP contribution in [0, 0.1) is 13.8 Å². The van der Waals surface area contributed by atoms with E-state index in [1.54, 1.807) is 0 Å². The summed E-state index contributed by atoms with van der Waals surface area (Å²) in [5, 5.41) is 4.41. The molecule has 1 N–H and O–H groups in total. The molecule has 0 amide bonds. The van der Waals surface area contributed by atoms with Gasteiger partial charge in [-0.15, -0.1) is 0 Å². The smallest absolute Gasteiger partial charge is 0.170 e. The largest absolute Gasteiger partial charge is 0.379 e. The Bertz CT molecular complexity index is 1130. The normalized spacial score (nSPS) is 20.9. The second-order valence-electron chi connectivity index (χ2n) is 9.40. The molecule has 0 bridgehead atoms. The summed E-state index contributed by atoms with van der Waals surface area (Å²) >= 11 is 5.89. The quantitative estimate of drug-likeness (QED) is 0.484. The number of thiocarbonyl (C=S) groups is 1. The predicted molar refractivity (Wildman–Crippen MR) is 141 cm³/mol. The molecular formula is C27H34N6OS. The Kier molecular flexibility index (Phi) is 7.41. The van der Waals surface area contributed by atoms with Crippen molar-refractivity contribution in [2.45, 2.75) is 38.9 Å². The Hall–Kier alpha value is -2.81. The SMILES string of the molecule is Cc1cc(C2C(c3ccccn3)NC(=S)N2CCCN2CCOCC2)c(C)n1Cc1cccnc1. The predicted octanol–water partition coefficient (Wildman–Crippen LogP) is 3.64. The molecule has 5 rings (SSSR count). The molecule has 2 saturated heterocycles. The highest BCUT2D eigenvalue weighted by Gasteiger charge is 2.41. The van der Waals surface area contributed by atoms with Crippen LogP contribution in [0.3, 0.4) is 0 Å². The minimum Gasteiger partial charge on any atom is -0.379 e. The van der Waals surface area contributed by atoms with E-state index in [4.69, 9.17) is 21.9 Å². The fourth-order valence-electron chi connectivity index (χ4n) is 5.32. The van der Waals surface area contributed by atoms with Crippen LogP contribution in [-0.4, -0.2) is 68.8 Å². The van der Waals surface area contributed by atoms with Crippen molar-refractivity contribution in [1.29, 1.82) is 0 Å². The molecule has 0 aromatic carbocycles. The third kappa shape index (κ3) is 5.24. The van der Waals surface area contributed by atoms with Gasteiger partial charge < -0.3 is 19.5 Å². The highest BCUT2D eigenvalue weighted by Crippen LogP contribution is 2.41. The Morgan fingerprint density at radius 3 is 2.69 bits per heavy atom. The van der Waals surface area contributed by atoms with E-state index in [-0.39, 0.29) is 12.1 Å². The fourth-order valence-corrected chi connectivity index (χ4v) is 5.65. The van der Waals surface area contributed by atoms with E-state index in [0.717, 1.165) is 63.2 Å². The van der Waals surface area contributed by atoms with Crippen LogP contribution in [0.15, 0.2) is 55.0 Å². The molecule has 2 aliphatic heterocycles. The van der Waals surface area contributed by atoms with Crippen LogP contribution < -0.4 is 5.32 Å². The average molecular weight is 491 g/mol. The molecule has 2 atom stereocenters. The van der Waals surface area contributed by atoms with Gasteiger partial charge in [-0.25, -0.2) is 0 Å². The molecular weight excluding hydrogens is 456 g/mol. The zero-order valence-electron chi connectivity index (χ0n) is 20.6. The summed E-state index contributed by atoms with van der Waals surface area (Å²) < 4.78 is 7.89. The molecule has 2 aliphatic rings. The number of pyridine rings is 2. The Morgan fingerprint density at radius 1 is 1.09 bits per heavy atom. The van der Waals surface area contributed by atoms with E-state index in [9.17, 15) is 0 Å². The van der Waals surface area contributed by atoms with Gasteiger partial charge in [-0.2, -0.15) is 0 Å². The van der Waals surface area contributed by atoms with Crippen LogP contribution in [0.4, 0.5) is 0 Å². The van der Waals surface area contributed by atoms with Crippen LogP contribution in [-0.2, 0) is 11.3 Å². The van der Waals surface area contributed by atoms with Gasteiger partial charge in [0, 0.05) is 62.7 Å². The molecule has 0 spiro atoms. The highest BCUT2D eigenvalue weighted by molar-refractivity contribution is 7.80. The summed E-state index contributed by atoms with van der Waals surface area (Å²) in [7, 11) is 0. The number of aromatic nitrogens is 3. The zero-order chi connectivity index (χ0) is 24.2. The number of nitrogens with zero attached hydrogens (tertiary/aromatic N) is 5. The Balaban J connectivity index is 1.43. The van der Waals surface area contributed by atoms with Crippen molar-refractivity contribution >= 4 is 17.3 Å². The van der Waals surface area contributed by atoms with Crippen molar-refractivity contribution < 1.29 is 4.74 Å². The van der Waals surface area contributed by atoms with Gasteiger partial charge in [-0.05, 0) is 67.9 Å². The first-order valence-corrected chi connectivity index (χ1v) is 12.9. The summed E-state index contributed by atoms with van der Waals surface area (Å²) in [6.45, 7) is 10.9. The monoisotopic (exact) mass is 490 g/mol. The van der Waals surface area contributed by atoms with Crippen LogP contribution in [0.5, 0.6) is 0 Å². The second-order valence-corrected chi connectivity index (χ2v) is 9.79. The van der Waals surface area contributed by atoms with Crippen LogP contribution in [0.25, 0.3) is 0 Å². The van der Waals surface area contributed by atoms with Crippen molar-refractivity contribution in [2.24, 2.45) is 0 Å². The second kappa shape index (κ2) is 10.8. The summed E-state index contributed by atoms with van der Waals surface area (Å²) in [5.41, 5.74) is 6.03. The van der Waals surface area contributed by atoms with Gasteiger partial charge in [0.05, 0.1) is 31.0 Å². The number of rotatable bonds is 8. The molecule has 3 aromatic rings. The maximum absolute atomic E-state index is 5.89. The number of ether oxygens (including phenoxy) is 1. The minimum atomic E-state index is 0.0134. The average Bonchev–Trinajstić information content (AvgIpc) is 3.36. The van der Waals surface area contributed by atoms with Gasteiger partial charge >= 0.3 is 0 Å².